The molecule has 1 nitrogen and oxygen atoms in total. The number of aryl methyl sites for hydroxylation is 1. The van der Waals surface area contributed by atoms with Gasteiger partial charge in [0, 0.05) is 11.9 Å². The molecule has 0 aliphatic carbocycles. The molecule has 1 aromatic rings. The van der Waals surface area contributed by atoms with E-state index >= 15 is 0 Å². The van der Waals surface area contributed by atoms with Gasteiger partial charge in [0.2, 0.25) is 0 Å². The Bertz CT molecular complexity index is 256. The Balaban J connectivity index is 2.39. The standard InChI is InChI=1S/C12H18BrN/c1-11-4-6-12(7-5-11)10-14(2)9-3-8-13/h4-7H,3,8-10H2,1-2H3. The molecule has 0 bridgehead atoms. The van der Waals surface area contributed by atoms with E-state index in [9.17, 15) is 0 Å². The molecule has 0 aliphatic rings. The van der Waals surface area contributed by atoms with Crippen LogP contribution in [-0.4, -0.2) is 23.8 Å². The molecule has 0 aliphatic heterocycles. The van der Waals surface area contributed by atoms with Crippen LogP contribution in [0.2, 0.25) is 0 Å². The number of hydrogen-bond donors (Lipinski definition) is 0. The zero-order valence-corrected chi connectivity index (χ0v) is 10.5. The van der Waals surface area contributed by atoms with Crippen LogP contribution in [0.5, 0.6) is 0 Å². The van der Waals surface area contributed by atoms with Crippen LogP contribution in [0.25, 0.3) is 0 Å². The van der Waals surface area contributed by atoms with Crippen LogP contribution in [0.15, 0.2) is 24.3 Å². The summed E-state index contributed by atoms with van der Waals surface area (Å²) < 4.78 is 0. The maximum absolute atomic E-state index is 3.45. The van der Waals surface area contributed by atoms with Gasteiger partial charge in [0.05, 0.1) is 0 Å². The third-order valence-electron chi connectivity index (χ3n) is 2.25. The molecule has 1 rings (SSSR count). The van der Waals surface area contributed by atoms with E-state index in [1.165, 1.54) is 17.5 Å². The van der Waals surface area contributed by atoms with E-state index in [1.54, 1.807) is 0 Å². The normalized spacial score (nSPS) is 10.9. The minimum atomic E-state index is 1.05. The minimum absolute atomic E-state index is 1.05. The maximum atomic E-state index is 3.45. The molecule has 0 N–H and O–H groups in total. The third-order valence-corrected chi connectivity index (χ3v) is 2.81. The quantitative estimate of drug-likeness (QED) is 0.731. The number of rotatable bonds is 5. The van der Waals surface area contributed by atoms with Crippen LogP contribution in [-0.2, 0) is 6.54 Å². The highest BCUT2D eigenvalue weighted by molar-refractivity contribution is 9.09. The number of hydrogen-bond acceptors (Lipinski definition) is 1. The monoisotopic (exact) mass is 255 g/mol. The summed E-state index contributed by atoms with van der Waals surface area (Å²) >= 11 is 3.45. The second-order valence-corrected chi connectivity index (χ2v) is 4.56. The van der Waals surface area contributed by atoms with Crippen molar-refractivity contribution in [1.82, 2.24) is 4.90 Å². The lowest BCUT2D eigenvalue weighted by atomic mass is 10.1. The maximum Gasteiger partial charge on any atom is 0.0230 e. The summed E-state index contributed by atoms with van der Waals surface area (Å²) in [6.07, 6.45) is 1.21. The molecule has 0 heterocycles. The Labute approximate surface area is 95.2 Å². The van der Waals surface area contributed by atoms with E-state index in [-0.39, 0.29) is 0 Å². The molecule has 0 spiro atoms. The second-order valence-electron chi connectivity index (χ2n) is 3.77. The molecule has 0 saturated heterocycles. The van der Waals surface area contributed by atoms with Crippen molar-refractivity contribution in [2.24, 2.45) is 0 Å². The van der Waals surface area contributed by atoms with Crippen LogP contribution in [0.1, 0.15) is 17.5 Å². The van der Waals surface area contributed by atoms with Gasteiger partial charge in [-0.1, -0.05) is 45.8 Å². The third kappa shape index (κ3) is 4.25. The van der Waals surface area contributed by atoms with Crippen molar-refractivity contribution < 1.29 is 0 Å². The first kappa shape index (κ1) is 11.7. The number of benzene rings is 1. The summed E-state index contributed by atoms with van der Waals surface area (Å²) in [5.41, 5.74) is 2.73. The van der Waals surface area contributed by atoms with E-state index in [0.29, 0.717) is 0 Å². The highest BCUT2D eigenvalue weighted by Gasteiger charge is 1.98. The summed E-state index contributed by atoms with van der Waals surface area (Å²) in [4.78, 5) is 2.35. The summed E-state index contributed by atoms with van der Waals surface area (Å²) in [5.74, 6) is 0. The Hall–Kier alpha value is -0.340. The number of nitrogens with zero attached hydrogens (tertiary/aromatic N) is 1. The zero-order valence-electron chi connectivity index (χ0n) is 8.96. The molecule has 1 aromatic carbocycles. The molecule has 0 atom stereocenters. The molecule has 0 unspecified atom stereocenters. The van der Waals surface area contributed by atoms with Gasteiger partial charge in [-0.2, -0.15) is 0 Å². The average Bonchev–Trinajstić information content (AvgIpc) is 2.18. The zero-order chi connectivity index (χ0) is 10.4. The first-order chi connectivity index (χ1) is 6.72. The summed E-state index contributed by atoms with van der Waals surface area (Å²) in [5, 5.41) is 1.09. The van der Waals surface area contributed by atoms with E-state index in [1.807, 2.05) is 0 Å². The van der Waals surface area contributed by atoms with Gasteiger partial charge in [-0.15, -0.1) is 0 Å². The van der Waals surface area contributed by atoms with Gasteiger partial charge in [0.15, 0.2) is 0 Å². The van der Waals surface area contributed by atoms with Crippen molar-refractivity contribution in [2.75, 3.05) is 18.9 Å². The predicted molar refractivity (Wildman–Crippen MR) is 65.9 cm³/mol. The Morgan fingerprint density at radius 1 is 1.21 bits per heavy atom. The van der Waals surface area contributed by atoms with Crippen molar-refractivity contribution in [3.63, 3.8) is 0 Å². The first-order valence-corrected chi connectivity index (χ1v) is 6.14. The first-order valence-electron chi connectivity index (χ1n) is 5.02. The lowest BCUT2D eigenvalue weighted by molar-refractivity contribution is 0.329. The van der Waals surface area contributed by atoms with Crippen molar-refractivity contribution in [1.29, 1.82) is 0 Å². The van der Waals surface area contributed by atoms with Crippen LogP contribution >= 0.6 is 15.9 Å². The number of alkyl halides is 1. The lowest BCUT2D eigenvalue weighted by Crippen LogP contribution is -2.19. The van der Waals surface area contributed by atoms with Crippen LogP contribution < -0.4 is 0 Å². The molecular formula is C12H18BrN. The van der Waals surface area contributed by atoms with Crippen LogP contribution in [0.4, 0.5) is 0 Å². The molecule has 0 radical (unpaired) electrons. The van der Waals surface area contributed by atoms with E-state index in [0.717, 1.165) is 18.4 Å². The van der Waals surface area contributed by atoms with Gasteiger partial charge in [0.25, 0.3) is 0 Å². The molecule has 78 valence electrons. The summed E-state index contributed by atoms with van der Waals surface area (Å²) in [6, 6.07) is 8.77. The van der Waals surface area contributed by atoms with Gasteiger partial charge in [0.1, 0.15) is 0 Å². The molecule has 14 heavy (non-hydrogen) atoms. The Morgan fingerprint density at radius 3 is 2.43 bits per heavy atom. The molecule has 0 amide bonds. The fourth-order valence-corrected chi connectivity index (χ4v) is 1.66. The van der Waals surface area contributed by atoms with E-state index < -0.39 is 0 Å². The van der Waals surface area contributed by atoms with Crippen molar-refractivity contribution in [2.45, 2.75) is 19.9 Å². The van der Waals surface area contributed by atoms with Gasteiger partial charge >= 0.3 is 0 Å². The van der Waals surface area contributed by atoms with Gasteiger partial charge in [-0.25, -0.2) is 0 Å². The SMILES string of the molecule is Cc1ccc(CN(C)CCCBr)cc1. The second kappa shape index (κ2) is 6.20. The topological polar surface area (TPSA) is 3.24 Å². The van der Waals surface area contributed by atoms with Crippen LogP contribution in [0, 0.1) is 6.92 Å². The van der Waals surface area contributed by atoms with Gasteiger partial charge in [-0.3, -0.25) is 0 Å². The smallest absolute Gasteiger partial charge is 0.0230 e. The Morgan fingerprint density at radius 2 is 1.86 bits per heavy atom. The summed E-state index contributed by atoms with van der Waals surface area (Å²) in [6.45, 7) is 4.32. The van der Waals surface area contributed by atoms with Crippen LogP contribution in [0.3, 0.4) is 0 Å². The molecule has 0 saturated carbocycles. The fourth-order valence-electron chi connectivity index (χ4n) is 1.41. The fraction of sp³-hybridized carbons (Fsp3) is 0.500. The Kier molecular flexibility index (Phi) is 5.20. The largest absolute Gasteiger partial charge is 0.302 e. The van der Waals surface area contributed by atoms with Crippen molar-refractivity contribution in [3.8, 4) is 0 Å². The number of halogens is 1. The van der Waals surface area contributed by atoms with Gasteiger partial charge < -0.3 is 4.90 Å². The van der Waals surface area contributed by atoms with Crippen molar-refractivity contribution in [3.05, 3.63) is 35.4 Å². The molecule has 0 fully saturated rings. The van der Waals surface area contributed by atoms with E-state index in [2.05, 4.69) is 59.1 Å². The highest BCUT2D eigenvalue weighted by Crippen LogP contribution is 2.06. The average molecular weight is 256 g/mol. The van der Waals surface area contributed by atoms with Gasteiger partial charge in [-0.05, 0) is 32.5 Å². The van der Waals surface area contributed by atoms with Crippen molar-refractivity contribution >= 4 is 15.9 Å². The van der Waals surface area contributed by atoms with E-state index in [4.69, 9.17) is 0 Å². The minimum Gasteiger partial charge on any atom is -0.302 e. The predicted octanol–water partition coefficient (Wildman–Crippen LogP) is 3.21. The lowest BCUT2D eigenvalue weighted by Gasteiger charge is -2.15. The molecular weight excluding hydrogens is 238 g/mol. The molecule has 2 heteroatoms. The molecule has 0 aromatic heterocycles. The summed E-state index contributed by atoms with van der Waals surface area (Å²) in [7, 11) is 2.17. The highest BCUT2D eigenvalue weighted by atomic mass is 79.9.